The topological polar surface area (TPSA) is 19.4 Å². The van der Waals surface area contributed by atoms with E-state index in [1.807, 2.05) is 12.1 Å². The van der Waals surface area contributed by atoms with Gasteiger partial charge in [0, 0.05) is 39.8 Å². The van der Waals surface area contributed by atoms with Crippen molar-refractivity contribution in [3.05, 3.63) is 308 Å². The van der Waals surface area contributed by atoms with Crippen molar-refractivity contribution in [3.8, 4) is 0 Å². The molecule has 0 spiro atoms. The number of rotatable bonds is 6. The number of anilines is 18. The van der Waals surface area contributed by atoms with Gasteiger partial charge >= 0.3 is 244 Å². The first-order chi connectivity index (χ1) is 40.0. The molecule has 6 nitrogen and oxygen atoms in total. The number of benzene rings is 12. The predicted molar refractivity (Wildman–Crippen MR) is 344 cm³/mol. The van der Waals surface area contributed by atoms with Crippen molar-refractivity contribution in [2.24, 2.45) is 0 Å². The van der Waals surface area contributed by atoms with Gasteiger partial charge in [-0.2, -0.15) is 0 Å². The molecule has 0 fully saturated rings. The summed E-state index contributed by atoms with van der Waals surface area (Å²) in [5.74, 6) is 2.64. The Morgan fingerprint density at radius 1 is 0.210 bits per heavy atom. The Hall–Kier alpha value is -9.73. The average molecular weight is 1120 g/mol. The molecule has 0 aliphatic carbocycles. The van der Waals surface area contributed by atoms with Crippen LogP contribution in [0.4, 0.5) is 102 Å². The van der Waals surface area contributed by atoms with E-state index in [4.69, 9.17) is 11.6 Å². The van der Waals surface area contributed by atoms with Crippen molar-refractivity contribution in [2.45, 2.75) is 5.76 Å². The summed E-state index contributed by atoms with van der Waals surface area (Å²) < 4.78 is 4.61. The summed E-state index contributed by atoms with van der Waals surface area (Å²) in [6.45, 7) is 0. The minimum atomic E-state index is -3.20. The standard InChI is InChI=1S/C37H27GeN3.C36H26ClN3/c1-38-35-29-20-11-22-31(35)40(27-16-7-3-8-17-27)33-24-13-25-34(37(33)38)41(28-18-9-4-10-19-28)32-23-12-21-30(36(32)38)39(29)26-14-5-2-6-15-26;37-36-34-23-12-24-35(36)40(29-17-8-3-9-18-29)33-22-11-20-31(26-33)38(27-13-4-1-5-14-27)30-19-10-21-32(25-30)39(34)28-15-6-2-7-16-28/h2-25H,1H3;1-26H. The second-order valence-corrected chi connectivity index (χ2v) is 29.1. The number of hydrogen-bond acceptors (Lipinski definition) is 6. The Kier molecular flexibility index (Phi) is 11.9. The molecule has 0 saturated heterocycles. The Morgan fingerprint density at radius 3 is 0.679 bits per heavy atom. The van der Waals surface area contributed by atoms with E-state index in [0.29, 0.717) is 5.02 Å². The minimum absolute atomic E-state index is 0.673. The molecule has 0 amide bonds. The summed E-state index contributed by atoms with van der Waals surface area (Å²) >= 11 is 4.19. The van der Waals surface area contributed by atoms with Gasteiger partial charge in [-0.1, -0.05) is 84.4 Å². The van der Waals surface area contributed by atoms with Crippen LogP contribution in [0.5, 0.6) is 0 Å². The normalized spacial score (nSPS) is 13.8. The van der Waals surface area contributed by atoms with Gasteiger partial charge in [0.25, 0.3) is 0 Å². The molecule has 0 N–H and O–H groups in total. The fourth-order valence-electron chi connectivity index (χ4n) is 13.0. The number of halogens is 1. The molecule has 4 aliphatic rings. The van der Waals surface area contributed by atoms with Crippen molar-refractivity contribution in [1.82, 2.24) is 0 Å². The third-order valence-corrected chi connectivity index (χ3v) is 26.1. The SMILES string of the molecule is Clc1c2cccc1N(c1ccccc1)c1cccc(c1)N(c1ccccc1)c1cccc(c1)N2c1ccccc1.[CH3][Ge]12[c]3c4cccc3N(c3ccccc3)c3cccc([c]31)N(c1ccccc1)c1cccc([c]12)N4c1ccccc1. The van der Waals surface area contributed by atoms with E-state index in [-0.39, 0.29) is 0 Å². The summed E-state index contributed by atoms with van der Waals surface area (Å²) in [5.41, 5.74) is 20.6. The molecule has 16 rings (SSSR count). The molecule has 0 aromatic heterocycles. The molecule has 12 aromatic rings. The van der Waals surface area contributed by atoms with E-state index in [2.05, 4.69) is 326 Å². The van der Waals surface area contributed by atoms with E-state index < -0.39 is 13.3 Å². The quantitative estimate of drug-likeness (QED) is 0.154. The van der Waals surface area contributed by atoms with Crippen LogP contribution >= 0.6 is 11.6 Å². The van der Waals surface area contributed by atoms with Crippen LogP contribution in [-0.2, 0) is 0 Å². The van der Waals surface area contributed by atoms with Crippen LogP contribution in [0.3, 0.4) is 0 Å². The van der Waals surface area contributed by atoms with Gasteiger partial charge in [-0.25, -0.2) is 0 Å². The zero-order valence-electron chi connectivity index (χ0n) is 44.4. The Bertz CT molecular complexity index is 3900. The molecule has 386 valence electrons. The maximum absolute atomic E-state index is 7.38. The van der Waals surface area contributed by atoms with Crippen LogP contribution in [0.15, 0.2) is 303 Å². The third-order valence-electron chi connectivity index (χ3n) is 16.2. The summed E-state index contributed by atoms with van der Waals surface area (Å²) in [7, 11) is 0. The van der Waals surface area contributed by atoms with E-state index >= 15 is 0 Å². The first-order valence-electron chi connectivity index (χ1n) is 27.5. The van der Waals surface area contributed by atoms with Crippen molar-refractivity contribution in [2.75, 3.05) is 29.4 Å². The molecule has 6 bridgehead atoms. The van der Waals surface area contributed by atoms with Gasteiger partial charge in [0.2, 0.25) is 0 Å². The number of fused-ring (bicyclic) bond motifs is 6. The summed E-state index contributed by atoms with van der Waals surface area (Å²) in [6.07, 6.45) is 0. The van der Waals surface area contributed by atoms with Gasteiger partial charge in [0.05, 0.1) is 16.4 Å². The average Bonchev–Trinajstić information content (AvgIpc) is 2.75. The summed E-state index contributed by atoms with van der Waals surface area (Å²) in [4.78, 5) is 14.3. The molecule has 12 aromatic carbocycles. The van der Waals surface area contributed by atoms with Gasteiger partial charge < -0.3 is 14.7 Å². The summed E-state index contributed by atoms with van der Waals surface area (Å²) in [5, 5.41) is 0.673. The van der Waals surface area contributed by atoms with Crippen molar-refractivity contribution in [1.29, 1.82) is 0 Å². The number of nitrogens with zero attached hydrogens (tertiary/aromatic N) is 6. The molecule has 0 unspecified atom stereocenters. The molecule has 4 heterocycles. The first-order valence-corrected chi connectivity index (χ1v) is 33.2. The summed E-state index contributed by atoms with van der Waals surface area (Å²) in [6, 6.07) is 108. The van der Waals surface area contributed by atoms with Crippen molar-refractivity contribution < 1.29 is 0 Å². The van der Waals surface area contributed by atoms with Crippen molar-refractivity contribution in [3.63, 3.8) is 0 Å². The van der Waals surface area contributed by atoms with Crippen LogP contribution in [-0.4, -0.2) is 13.3 Å². The number of para-hydroxylation sites is 6. The van der Waals surface area contributed by atoms with Crippen LogP contribution < -0.4 is 42.6 Å². The van der Waals surface area contributed by atoms with Gasteiger partial charge in [-0.15, -0.1) is 0 Å². The molecule has 81 heavy (non-hydrogen) atoms. The zero-order valence-corrected chi connectivity index (χ0v) is 47.3. The van der Waals surface area contributed by atoms with Crippen LogP contribution in [0.2, 0.25) is 10.8 Å². The Morgan fingerprint density at radius 2 is 0.407 bits per heavy atom. The van der Waals surface area contributed by atoms with Gasteiger partial charge in [-0.3, -0.25) is 0 Å². The Labute approximate surface area is 480 Å². The third kappa shape index (κ3) is 7.85. The second-order valence-electron chi connectivity index (χ2n) is 20.8. The van der Waals surface area contributed by atoms with E-state index in [1.165, 1.54) is 64.4 Å². The fourth-order valence-corrected chi connectivity index (χ4v) is 23.8. The van der Waals surface area contributed by atoms with Gasteiger partial charge in [0.1, 0.15) is 0 Å². The van der Waals surface area contributed by atoms with Gasteiger partial charge in [-0.05, 0) is 84.9 Å². The van der Waals surface area contributed by atoms with Crippen LogP contribution in [0.1, 0.15) is 0 Å². The van der Waals surface area contributed by atoms with E-state index in [1.54, 1.807) is 0 Å². The zero-order chi connectivity index (χ0) is 54.0. The van der Waals surface area contributed by atoms with Crippen LogP contribution in [0, 0.1) is 0 Å². The maximum atomic E-state index is 7.38. The monoisotopic (exact) mass is 1120 g/mol. The molecule has 0 saturated carbocycles. The fraction of sp³-hybridized carbons (Fsp3) is 0.0137. The molecule has 4 aliphatic heterocycles. The molecular formula is C73H53ClGeN6. The van der Waals surface area contributed by atoms with Crippen LogP contribution in [0.25, 0.3) is 0 Å². The second kappa shape index (κ2) is 19.9. The first kappa shape index (κ1) is 48.4. The van der Waals surface area contributed by atoms with E-state index in [0.717, 1.165) is 51.2 Å². The number of hydrogen-bond donors (Lipinski definition) is 0. The Balaban J connectivity index is 0.000000139. The molecule has 0 radical (unpaired) electrons. The van der Waals surface area contributed by atoms with Gasteiger partial charge in [0.15, 0.2) is 0 Å². The molecular weight excluding hydrogens is 1070 g/mol. The van der Waals surface area contributed by atoms with Crippen molar-refractivity contribution >= 4 is 140 Å². The predicted octanol–water partition coefficient (Wildman–Crippen LogP) is 19.2. The molecule has 8 heteroatoms. The molecule has 0 atom stereocenters. The van der Waals surface area contributed by atoms with E-state index in [9.17, 15) is 0 Å².